The molecule has 11 rings (SSSR count). The summed E-state index contributed by atoms with van der Waals surface area (Å²) in [6.07, 6.45) is 0. The zero-order chi connectivity index (χ0) is 39.5. The fourth-order valence-corrected chi connectivity index (χ4v) is 9.22. The minimum Gasteiger partial charge on any atom is -0.456 e. The number of nitrogens with zero attached hydrogens (tertiary/aromatic N) is 1. The monoisotopic (exact) mass is 755 g/mol. The van der Waals surface area contributed by atoms with Crippen LogP contribution in [0.25, 0.3) is 77.6 Å². The van der Waals surface area contributed by atoms with E-state index in [0.717, 1.165) is 50.1 Å². The summed E-state index contributed by atoms with van der Waals surface area (Å²) < 4.78 is 6.26. The summed E-state index contributed by atoms with van der Waals surface area (Å²) in [6, 6.07) is 76.9. The Labute approximate surface area is 345 Å². The lowest BCUT2D eigenvalue weighted by Crippen LogP contribution is -2.16. The molecule has 0 saturated carbocycles. The Morgan fingerprint density at radius 2 is 0.780 bits per heavy atom. The number of rotatable bonds is 7. The predicted molar refractivity (Wildman–Crippen MR) is 248 cm³/mol. The maximum absolute atomic E-state index is 6.26. The molecule has 1 aliphatic rings. The Morgan fingerprint density at radius 1 is 0.322 bits per heavy atom. The summed E-state index contributed by atoms with van der Waals surface area (Å²) in [4.78, 5) is 2.40. The van der Waals surface area contributed by atoms with Gasteiger partial charge in [0.05, 0.1) is 0 Å². The van der Waals surface area contributed by atoms with E-state index in [4.69, 9.17) is 4.42 Å². The number of furan rings is 1. The molecule has 0 N–H and O–H groups in total. The Morgan fingerprint density at radius 3 is 1.47 bits per heavy atom. The molecular formula is C57H41NO. The van der Waals surface area contributed by atoms with Gasteiger partial charge in [-0.2, -0.15) is 0 Å². The molecule has 9 aromatic carbocycles. The van der Waals surface area contributed by atoms with Gasteiger partial charge < -0.3 is 9.32 Å². The van der Waals surface area contributed by atoms with Crippen LogP contribution < -0.4 is 4.90 Å². The van der Waals surface area contributed by atoms with E-state index in [-0.39, 0.29) is 5.41 Å². The molecule has 59 heavy (non-hydrogen) atoms. The second kappa shape index (κ2) is 13.9. The van der Waals surface area contributed by atoms with Gasteiger partial charge in [0, 0.05) is 33.2 Å². The molecule has 280 valence electrons. The summed E-state index contributed by atoms with van der Waals surface area (Å²) in [5.74, 6) is 0. The molecule has 2 heteroatoms. The molecule has 0 unspecified atom stereocenters. The van der Waals surface area contributed by atoms with Gasteiger partial charge >= 0.3 is 0 Å². The average molecular weight is 756 g/mol. The minimum absolute atomic E-state index is 0.179. The van der Waals surface area contributed by atoms with Crippen LogP contribution in [0.3, 0.4) is 0 Å². The van der Waals surface area contributed by atoms with Crippen molar-refractivity contribution in [1.29, 1.82) is 0 Å². The molecule has 0 amide bonds. The van der Waals surface area contributed by atoms with Crippen LogP contribution in [0.1, 0.15) is 25.0 Å². The number of anilines is 3. The molecule has 0 aliphatic heterocycles. The average Bonchev–Trinajstić information content (AvgIpc) is 3.78. The van der Waals surface area contributed by atoms with Gasteiger partial charge in [-0.25, -0.2) is 0 Å². The largest absolute Gasteiger partial charge is 0.456 e. The highest BCUT2D eigenvalue weighted by atomic mass is 16.3. The molecule has 0 atom stereocenters. The Bertz CT molecular complexity index is 3160. The van der Waals surface area contributed by atoms with Gasteiger partial charge in [0.2, 0.25) is 0 Å². The van der Waals surface area contributed by atoms with Crippen molar-refractivity contribution in [3.8, 4) is 55.6 Å². The van der Waals surface area contributed by atoms with Crippen LogP contribution in [0.5, 0.6) is 0 Å². The van der Waals surface area contributed by atoms with E-state index in [0.29, 0.717) is 0 Å². The number of benzene rings is 9. The van der Waals surface area contributed by atoms with E-state index >= 15 is 0 Å². The molecule has 1 aliphatic carbocycles. The molecule has 1 aromatic heterocycles. The first-order valence-electron chi connectivity index (χ1n) is 20.4. The highest BCUT2D eigenvalue weighted by Crippen LogP contribution is 2.52. The lowest BCUT2D eigenvalue weighted by Gasteiger charge is -2.28. The topological polar surface area (TPSA) is 16.4 Å². The second-order valence-corrected chi connectivity index (χ2v) is 16.1. The molecule has 0 radical (unpaired) electrons. The molecule has 1 heterocycles. The first-order valence-corrected chi connectivity index (χ1v) is 20.4. The summed E-state index contributed by atoms with van der Waals surface area (Å²) in [6.45, 7) is 4.74. The van der Waals surface area contributed by atoms with Gasteiger partial charge in [0.15, 0.2) is 0 Å². The van der Waals surface area contributed by atoms with Crippen LogP contribution in [0.15, 0.2) is 217 Å². The van der Waals surface area contributed by atoms with Crippen molar-refractivity contribution in [3.05, 3.63) is 223 Å². The summed E-state index contributed by atoms with van der Waals surface area (Å²) in [7, 11) is 0. The summed E-state index contributed by atoms with van der Waals surface area (Å²) in [5, 5.41) is 2.28. The number of para-hydroxylation sites is 1. The third-order valence-electron chi connectivity index (χ3n) is 12.3. The van der Waals surface area contributed by atoms with E-state index in [1.165, 1.54) is 55.6 Å². The number of hydrogen-bond acceptors (Lipinski definition) is 2. The van der Waals surface area contributed by atoms with E-state index in [9.17, 15) is 0 Å². The zero-order valence-corrected chi connectivity index (χ0v) is 33.1. The van der Waals surface area contributed by atoms with Gasteiger partial charge in [-0.15, -0.1) is 0 Å². The van der Waals surface area contributed by atoms with Crippen LogP contribution in [-0.2, 0) is 5.41 Å². The van der Waals surface area contributed by atoms with Crippen LogP contribution in [0, 0.1) is 0 Å². The van der Waals surface area contributed by atoms with E-state index in [2.05, 4.69) is 219 Å². The van der Waals surface area contributed by atoms with Crippen molar-refractivity contribution < 1.29 is 4.42 Å². The van der Waals surface area contributed by atoms with Crippen LogP contribution in [0.2, 0.25) is 0 Å². The fraction of sp³-hybridized carbons (Fsp3) is 0.0526. The second-order valence-electron chi connectivity index (χ2n) is 16.1. The maximum atomic E-state index is 6.26. The quantitative estimate of drug-likeness (QED) is 0.161. The first kappa shape index (κ1) is 34.8. The van der Waals surface area contributed by atoms with Gasteiger partial charge in [0.1, 0.15) is 11.2 Å². The fourth-order valence-electron chi connectivity index (χ4n) is 9.22. The SMILES string of the molecule is CC1(C)c2cc(-c3ccccc3)ccc2-c2ccc(N(c3ccc(-c4ccc5c(c4)oc4ccccc45)cc3)c3ccc(-c4ccccc4-c4ccccc4)cc3)cc21. The Balaban J connectivity index is 1.000. The third kappa shape index (κ3) is 5.96. The minimum atomic E-state index is -0.179. The van der Waals surface area contributed by atoms with Gasteiger partial charge in [-0.05, 0) is 127 Å². The van der Waals surface area contributed by atoms with Crippen LogP contribution >= 0.6 is 0 Å². The summed E-state index contributed by atoms with van der Waals surface area (Å²) >= 11 is 0. The highest BCUT2D eigenvalue weighted by Gasteiger charge is 2.36. The Kier molecular flexibility index (Phi) is 8.20. The van der Waals surface area contributed by atoms with Crippen molar-refractivity contribution in [2.45, 2.75) is 19.3 Å². The molecule has 0 spiro atoms. The summed E-state index contributed by atoms with van der Waals surface area (Å²) in [5.41, 5.74) is 19.9. The van der Waals surface area contributed by atoms with Crippen molar-refractivity contribution in [2.24, 2.45) is 0 Å². The predicted octanol–water partition coefficient (Wildman–Crippen LogP) is 16.0. The first-order chi connectivity index (χ1) is 29.0. The van der Waals surface area contributed by atoms with Crippen molar-refractivity contribution in [3.63, 3.8) is 0 Å². The molecule has 0 bridgehead atoms. The third-order valence-corrected chi connectivity index (χ3v) is 12.3. The lowest BCUT2D eigenvalue weighted by molar-refractivity contribution is 0.660. The van der Waals surface area contributed by atoms with Gasteiger partial charge in [-0.3, -0.25) is 0 Å². The molecule has 2 nitrogen and oxygen atoms in total. The smallest absolute Gasteiger partial charge is 0.136 e. The zero-order valence-electron chi connectivity index (χ0n) is 33.1. The molecule has 10 aromatic rings. The van der Waals surface area contributed by atoms with Crippen molar-refractivity contribution in [1.82, 2.24) is 0 Å². The maximum Gasteiger partial charge on any atom is 0.136 e. The van der Waals surface area contributed by atoms with Gasteiger partial charge in [-0.1, -0.05) is 166 Å². The molecular weight excluding hydrogens is 715 g/mol. The van der Waals surface area contributed by atoms with E-state index < -0.39 is 0 Å². The number of hydrogen-bond donors (Lipinski definition) is 0. The highest BCUT2D eigenvalue weighted by molar-refractivity contribution is 6.06. The normalized spacial score (nSPS) is 12.7. The number of fused-ring (bicyclic) bond motifs is 6. The lowest BCUT2D eigenvalue weighted by atomic mass is 9.81. The van der Waals surface area contributed by atoms with Crippen LogP contribution in [-0.4, -0.2) is 0 Å². The molecule has 0 fully saturated rings. The van der Waals surface area contributed by atoms with Crippen LogP contribution in [0.4, 0.5) is 17.1 Å². The van der Waals surface area contributed by atoms with Crippen molar-refractivity contribution >= 4 is 39.0 Å². The standard InChI is InChI=1S/C57H41NO/c1-57(2)53-35-42(38-13-5-3-6-14-38)25-32-49(53)50-34-31-46(37-54(50)57)58(45-29-23-41(24-30-45)48-18-10-9-17-47(48)40-15-7-4-8-16-40)44-27-21-39(22-28-44)43-26-33-52-51-19-11-12-20-55(51)59-56(52)36-43/h3-37H,1-2H3. The van der Waals surface area contributed by atoms with Gasteiger partial charge in [0.25, 0.3) is 0 Å². The molecule has 0 saturated heterocycles. The van der Waals surface area contributed by atoms with E-state index in [1.807, 2.05) is 12.1 Å². The van der Waals surface area contributed by atoms with Crippen molar-refractivity contribution in [2.75, 3.05) is 4.90 Å². The Hall–Kier alpha value is -7.42. The van der Waals surface area contributed by atoms with E-state index in [1.54, 1.807) is 0 Å².